The minimum absolute atomic E-state index is 0.476. The van der Waals surface area contributed by atoms with Gasteiger partial charge in [0.15, 0.2) is 0 Å². The maximum absolute atomic E-state index is 5.54. The van der Waals surface area contributed by atoms with Gasteiger partial charge in [-0.1, -0.05) is 12.2 Å². The quantitative estimate of drug-likeness (QED) is 0.434. The average Bonchev–Trinajstić information content (AvgIpc) is 2.81. The second kappa shape index (κ2) is 2.49. The minimum atomic E-state index is 0.476. The maximum Gasteiger partial charge on any atom is 0.0910 e. The smallest absolute Gasteiger partial charge is 0.0910 e. The summed E-state index contributed by atoms with van der Waals surface area (Å²) in [5, 5.41) is 0. The zero-order chi connectivity index (χ0) is 7.84. The third-order valence-corrected chi connectivity index (χ3v) is 2.84. The normalized spacial score (nSPS) is 47.6. The molecule has 0 aromatic carbocycles. The molecule has 2 fully saturated rings. The second-order valence-corrected chi connectivity index (χ2v) is 3.44. The van der Waals surface area contributed by atoms with E-state index in [0.29, 0.717) is 24.0 Å². The molecular weight excluding hydrogens is 136 g/mol. The van der Waals surface area contributed by atoms with Crippen molar-refractivity contribution in [3.8, 4) is 0 Å². The van der Waals surface area contributed by atoms with Crippen molar-refractivity contribution in [3.63, 3.8) is 0 Å². The molecule has 1 saturated heterocycles. The van der Waals surface area contributed by atoms with Crippen LogP contribution >= 0.6 is 0 Å². The molecule has 0 spiro atoms. The van der Waals surface area contributed by atoms with E-state index in [-0.39, 0.29) is 0 Å². The molecule has 11 heavy (non-hydrogen) atoms. The summed E-state index contributed by atoms with van der Waals surface area (Å²) < 4.78 is 5.54. The highest BCUT2D eigenvalue weighted by Gasteiger charge is 2.50. The number of hydrogen-bond acceptors (Lipinski definition) is 1. The first kappa shape index (κ1) is 7.11. The lowest BCUT2D eigenvalue weighted by molar-refractivity contribution is 0.343. The fourth-order valence-electron chi connectivity index (χ4n) is 2.04. The van der Waals surface area contributed by atoms with Gasteiger partial charge in [-0.05, 0) is 12.8 Å². The Bertz CT molecular complexity index is 165. The van der Waals surface area contributed by atoms with Crippen LogP contribution in [-0.4, -0.2) is 12.2 Å². The zero-order valence-electron chi connectivity index (χ0n) is 6.70. The number of hydrogen-bond donors (Lipinski definition) is 0. The van der Waals surface area contributed by atoms with Gasteiger partial charge in [0.25, 0.3) is 0 Å². The fraction of sp³-hybridized carbons (Fsp3) is 0.600. The lowest BCUT2D eigenvalue weighted by atomic mass is 9.82. The Hall–Kier alpha value is -0.560. The van der Waals surface area contributed by atoms with E-state index in [2.05, 4.69) is 13.2 Å². The van der Waals surface area contributed by atoms with E-state index in [9.17, 15) is 0 Å². The maximum atomic E-state index is 5.54. The number of epoxide rings is 1. The van der Waals surface area contributed by atoms with Gasteiger partial charge >= 0.3 is 0 Å². The third kappa shape index (κ3) is 1.04. The summed E-state index contributed by atoms with van der Waals surface area (Å²) in [4.78, 5) is 0. The van der Waals surface area contributed by atoms with E-state index in [4.69, 9.17) is 4.74 Å². The van der Waals surface area contributed by atoms with Crippen molar-refractivity contribution in [2.24, 2.45) is 11.8 Å². The third-order valence-electron chi connectivity index (χ3n) is 2.84. The molecule has 0 bridgehead atoms. The van der Waals surface area contributed by atoms with Crippen molar-refractivity contribution in [3.05, 3.63) is 25.3 Å². The van der Waals surface area contributed by atoms with Gasteiger partial charge < -0.3 is 4.74 Å². The second-order valence-electron chi connectivity index (χ2n) is 3.44. The Morgan fingerprint density at radius 2 is 1.45 bits per heavy atom. The predicted molar refractivity (Wildman–Crippen MR) is 45.3 cm³/mol. The largest absolute Gasteiger partial charge is 0.368 e. The number of ether oxygens (including phenoxy) is 1. The fourth-order valence-corrected chi connectivity index (χ4v) is 2.04. The molecule has 0 N–H and O–H groups in total. The first-order valence-electron chi connectivity index (χ1n) is 4.27. The highest BCUT2D eigenvalue weighted by atomic mass is 16.6. The molecule has 2 aliphatic rings. The summed E-state index contributed by atoms with van der Waals surface area (Å²) in [5.74, 6) is 1.22. The summed E-state index contributed by atoms with van der Waals surface area (Å²) in [6, 6.07) is 0. The van der Waals surface area contributed by atoms with Gasteiger partial charge in [0, 0.05) is 11.8 Å². The summed E-state index contributed by atoms with van der Waals surface area (Å²) in [6.45, 7) is 7.61. The van der Waals surface area contributed by atoms with Crippen LogP contribution in [0.3, 0.4) is 0 Å². The lowest BCUT2D eigenvalue weighted by Gasteiger charge is -2.19. The Balaban J connectivity index is 2.01. The Labute approximate surface area is 67.7 Å². The average molecular weight is 150 g/mol. The monoisotopic (exact) mass is 150 g/mol. The Kier molecular flexibility index (Phi) is 1.61. The zero-order valence-corrected chi connectivity index (χ0v) is 6.70. The molecule has 1 aliphatic carbocycles. The van der Waals surface area contributed by atoms with Crippen molar-refractivity contribution in [1.29, 1.82) is 0 Å². The topological polar surface area (TPSA) is 12.5 Å². The van der Waals surface area contributed by atoms with E-state index >= 15 is 0 Å². The molecule has 1 heteroatoms. The van der Waals surface area contributed by atoms with Gasteiger partial charge in [-0.25, -0.2) is 0 Å². The van der Waals surface area contributed by atoms with Crippen molar-refractivity contribution in [2.75, 3.05) is 0 Å². The van der Waals surface area contributed by atoms with Gasteiger partial charge in [0.1, 0.15) is 0 Å². The van der Waals surface area contributed by atoms with Gasteiger partial charge in [-0.2, -0.15) is 0 Å². The Morgan fingerprint density at radius 3 is 1.82 bits per heavy atom. The lowest BCUT2D eigenvalue weighted by Crippen LogP contribution is -2.20. The van der Waals surface area contributed by atoms with Crippen molar-refractivity contribution in [2.45, 2.75) is 25.0 Å². The van der Waals surface area contributed by atoms with Crippen molar-refractivity contribution in [1.82, 2.24) is 0 Å². The summed E-state index contributed by atoms with van der Waals surface area (Å²) >= 11 is 0. The highest BCUT2D eigenvalue weighted by Crippen LogP contribution is 2.44. The van der Waals surface area contributed by atoms with Crippen LogP contribution in [0.1, 0.15) is 12.8 Å². The van der Waals surface area contributed by atoms with Crippen LogP contribution in [0.2, 0.25) is 0 Å². The van der Waals surface area contributed by atoms with Crippen LogP contribution in [-0.2, 0) is 4.74 Å². The number of rotatable bonds is 2. The van der Waals surface area contributed by atoms with Crippen LogP contribution in [0.4, 0.5) is 0 Å². The van der Waals surface area contributed by atoms with Crippen LogP contribution in [0.25, 0.3) is 0 Å². The van der Waals surface area contributed by atoms with E-state index in [1.807, 2.05) is 12.2 Å². The molecule has 0 aromatic rings. The molecule has 60 valence electrons. The summed E-state index contributed by atoms with van der Waals surface area (Å²) in [5.41, 5.74) is 0. The van der Waals surface area contributed by atoms with Crippen LogP contribution in [0.5, 0.6) is 0 Å². The van der Waals surface area contributed by atoms with Crippen molar-refractivity contribution >= 4 is 0 Å². The molecular formula is C10H14O. The highest BCUT2D eigenvalue weighted by molar-refractivity contribution is 5.08. The van der Waals surface area contributed by atoms with E-state index < -0.39 is 0 Å². The first-order chi connectivity index (χ1) is 5.36. The van der Waals surface area contributed by atoms with Crippen LogP contribution < -0.4 is 0 Å². The molecule has 0 radical (unpaired) electrons. The van der Waals surface area contributed by atoms with Gasteiger partial charge in [0.2, 0.25) is 0 Å². The molecule has 1 nitrogen and oxygen atoms in total. The molecule has 0 amide bonds. The summed E-state index contributed by atoms with van der Waals surface area (Å²) in [7, 11) is 0. The molecule has 2 rings (SSSR count). The molecule has 1 heterocycles. The van der Waals surface area contributed by atoms with Gasteiger partial charge in [0.05, 0.1) is 12.2 Å². The predicted octanol–water partition coefficient (Wildman–Crippen LogP) is 2.15. The SMILES string of the molecule is C=C[C@@H]1CC[C@H](C=C)[C@H]2O[C@H]21. The van der Waals surface area contributed by atoms with Crippen molar-refractivity contribution < 1.29 is 4.74 Å². The van der Waals surface area contributed by atoms with E-state index in [0.717, 1.165) is 0 Å². The van der Waals surface area contributed by atoms with E-state index in [1.165, 1.54) is 12.8 Å². The standard InChI is InChI=1S/C10H14O/c1-3-7-5-6-8(4-2)10-9(7)11-10/h3-4,7-10H,1-2,5-6H2/t7-,8+,9+,10-. The van der Waals surface area contributed by atoms with E-state index in [1.54, 1.807) is 0 Å². The first-order valence-corrected chi connectivity index (χ1v) is 4.27. The summed E-state index contributed by atoms with van der Waals surface area (Å²) in [6.07, 6.45) is 7.46. The molecule has 1 aliphatic heterocycles. The van der Waals surface area contributed by atoms with Gasteiger partial charge in [-0.3, -0.25) is 0 Å². The minimum Gasteiger partial charge on any atom is -0.368 e. The number of fused-ring (bicyclic) bond motifs is 1. The van der Waals surface area contributed by atoms with Gasteiger partial charge in [-0.15, -0.1) is 13.2 Å². The molecule has 0 aromatic heterocycles. The van der Waals surface area contributed by atoms with Crippen LogP contribution in [0, 0.1) is 11.8 Å². The van der Waals surface area contributed by atoms with Crippen LogP contribution in [0.15, 0.2) is 25.3 Å². The molecule has 1 saturated carbocycles. The Morgan fingerprint density at radius 1 is 1.00 bits per heavy atom. The molecule has 0 unspecified atom stereocenters. The molecule has 4 atom stereocenters.